The van der Waals surface area contributed by atoms with Crippen molar-refractivity contribution in [3.63, 3.8) is 0 Å². The molecular weight excluding hydrogens is 386 g/mol. The van der Waals surface area contributed by atoms with Crippen LogP contribution < -0.4 is 10.1 Å². The van der Waals surface area contributed by atoms with Crippen molar-refractivity contribution in [3.8, 4) is 5.75 Å². The molecule has 0 aliphatic heterocycles. The van der Waals surface area contributed by atoms with Gasteiger partial charge in [-0.1, -0.05) is 38.1 Å². The summed E-state index contributed by atoms with van der Waals surface area (Å²) in [6.07, 6.45) is 4.92. The molecule has 5 heteroatoms. The quantitative estimate of drug-likeness (QED) is 0.394. The number of hydrogen-bond donors (Lipinski definition) is 1. The van der Waals surface area contributed by atoms with Gasteiger partial charge in [-0.05, 0) is 61.4 Å². The SMILES string of the molecule is CCC(C)c1ccc(OCCCCn2c(CCCNC(C)=O)nc3ccccc32)cc1. The van der Waals surface area contributed by atoms with E-state index in [1.54, 1.807) is 6.92 Å². The van der Waals surface area contributed by atoms with Gasteiger partial charge in [-0.2, -0.15) is 0 Å². The molecule has 3 rings (SSSR count). The Morgan fingerprint density at radius 3 is 2.61 bits per heavy atom. The largest absolute Gasteiger partial charge is 0.494 e. The maximum absolute atomic E-state index is 11.1. The summed E-state index contributed by atoms with van der Waals surface area (Å²) in [7, 11) is 0. The van der Waals surface area contributed by atoms with Crippen LogP contribution >= 0.6 is 0 Å². The third-order valence-electron chi connectivity index (χ3n) is 5.79. The maximum atomic E-state index is 11.1. The highest BCUT2D eigenvalue weighted by molar-refractivity contribution is 5.76. The summed E-state index contributed by atoms with van der Waals surface area (Å²) in [5.74, 6) is 2.64. The molecule has 1 atom stereocenters. The van der Waals surface area contributed by atoms with E-state index in [1.807, 2.05) is 6.07 Å². The van der Waals surface area contributed by atoms with Crippen LogP contribution in [0.1, 0.15) is 63.8 Å². The Labute approximate surface area is 185 Å². The zero-order valence-electron chi connectivity index (χ0n) is 19.1. The molecule has 0 aliphatic rings. The summed E-state index contributed by atoms with van der Waals surface area (Å²) in [4.78, 5) is 15.9. The number of rotatable bonds is 12. The molecule has 0 saturated heterocycles. The third-order valence-corrected chi connectivity index (χ3v) is 5.79. The van der Waals surface area contributed by atoms with Crippen molar-refractivity contribution in [2.45, 2.75) is 65.3 Å². The minimum absolute atomic E-state index is 0.0167. The number of nitrogens with zero attached hydrogens (tertiary/aromatic N) is 2. The summed E-state index contributed by atoms with van der Waals surface area (Å²) >= 11 is 0. The lowest BCUT2D eigenvalue weighted by Crippen LogP contribution is -2.21. The van der Waals surface area contributed by atoms with Gasteiger partial charge in [0.2, 0.25) is 5.91 Å². The normalized spacial score (nSPS) is 12.1. The lowest BCUT2D eigenvalue weighted by Gasteiger charge is -2.12. The van der Waals surface area contributed by atoms with E-state index in [0.29, 0.717) is 19.1 Å². The first-order chi connectivity index (χ1) is 15.1. The van der Waals surface area contributed by atoms with Gasteiger partial charge < -0.3 is 14.6 Å². The van der Waals surface area contributed by atoms with Gasteiger partial charge in [-0.3, -0.25) is 4.79 Å². The van der Waals surface area contributed by atoms with Crippen LogP contribution in [0.2, 0.25) is 0 Å². The van der Waals surface area contributed by atoms with Crippen LogP contribution in [0.4, 0.5) is 0 Å². The van der Waals surface area contributed by atoms with E-state index in [0.717, 1.165) is 55.7 Å². The van der Waals surface area contributed by atoms with Crippen LogP contribution in [-0.2, 0) is 17.8 Å². The lowest BCUT2D eigenvalue weighted by atomic mass is 9.99. The van der Waals surface area contributed by atoms with Gasteiger partial charge in [0, 0.05) is 26.4 Å². The Bertz CT molecular complexity index is 962. The third kappa shape index (κ3) is 6.58. The molecule has 0 fully saturated rings. The predicted molar refractivity (Wildman–Crippen MR) is 127 cm³/mol. The Hall–Kier alpha value is -2.82. The Morgan fingerprint density at radius 1 is 1.10 bits per heavy atom. The maximum Gasteiger partial charge on any atom is 0.216 e. The van der Waals surface area contributed by atoms with Gasteiger partial charge in [0.05, 0.1) is 17.6 Å². The monoisotopic (exact) mass is 421 g/mol. The summed E-state index contributed by atoms with van der Waals surface area (Å²) in [6.45, 7) is 8.34. The predicted octanol–water partition coefficient (Wildman–Crippen LogP) is 5.48. The molecule has 1 unspecified atom stereocenters. The van der Waals surface area contributed by atoms with E-state index >= 15 is 0 Å². The minimum Gasteiger partial charge on any atom is -0.494 e. The van der Waals surface area contributed by atoms with Crippen molar-refractivity contribution in [2.75, 3.05) is 13.2 Å². The fourth-order valence-electron chi connectivity index (χ4n) is 3.77. The summed E-state index contributed by atoms with van der Waals surface area (Å²) in [6, 6.07) is 16.8. The number of aromatic nitrogens is 2. The number of amides is 1. The second-order valence-corrected chi connectivity index (χ2v) is 8.19. The second-order valence-electron chi connectivity index (χ2n) is 8.19. The van der Waals surface area contributed by atoms with Crippen molar-refractivity contribution in [2.24, 2.45) is 0 Å². The fourth-order valence-corrected chi connectivity index (χ4v) is 3.77. The molecule has 2 aromatic carbocycles. The number of carbonyl (C=O) groups excluding carboxylic acids is 1. The standard InChI is InChI=1S/C26H35N3O2/c1-4-20(2)22-13-15-23(16-14-22)31-19-8-7-18-29-25-11-6-5-10-24(25)28-26(29)12-9-17-27-21(3)30/h5-6,10-11,13-16,20H,4,7-9,12,17-19H2,1-3H3,(H,27,30). The first-order valence-electron chi connectivity index (χ1n) is 11.5. The van der Waals surface area contributed by atoms with Crippen molar-refractivity contribution in [1.29, 1.82) is 0 Å². The molecule has 0 bridgehead atoms. The molecule has 5 nitrogen and oxygen atoms in total. The molecule has 166 valence electrons. The highest BCUT2D eigenvalue weighted by Crippen LogP contribution is 2.22. The number of nitrogens with one attached hydrogen (secondary N) is 1. The second kappa shape index (κ2) is 11.5. The highest BCUT2D eigenvalue weighted by Gasteiger charge is 2.10. The molecule has 1 heterocycles. The van der Waals surface area contributed by atoms with Crippen molar-refractivity contribution < 1.29 is 9.53 Å². The number of para-hydroxylation sites is 2. The molecule has 1 N–H and O–H groups in total. The number of hydrogen-bond acceptors (Lipinski definition) is 3. The van der Waals surface area contributed by atoms with E-state index < -0.39 is 0 Å². The topological polar surface area (TPSA) is 56.1 Å². The molecule has 0 radical (unpaired) electrons. The van der Waals surface area contributed by atoms with Crippen molar-refractivity contribution >= 4 is 16.9 Å². The number of ether oxygens (including phenoxy) is 1. The number of unbranched alkanes of at least 4 members (excludes halogenated alkanes) is 1. The van der Waals surface area contributed by atoms with Crippen molar-refractivity contribution in [3.05, 3.63) is 59.9 Å². The van der Waals surface area contributed by atoms with Crippen LogP contribution in [0.25, 0.3) is 11.0 Å². The van der Waals surface area contributed by atoms with Gasteiger partial charge in [-0.15, -0.1) is 0 Å². The number of imidazole rings is 1. The number of benzene rings is 2. The molecule has 31 heavy (non-hydrogen) atoms. The van der Waals surface area contributed by atoms with Gasteiger partial charge in [0.25, 0.3) is 0 Å². The van der Waals surface area contributed by atoms with Gasteiger partial charge in [-0.25, -0.2) is 4.98 Å². The first-order valence-corrected chi connectivity index (χ1v) is 11.5. The highest BCUT2D eigenvalue weighted by atomic mass is 16.5. The average Bonchev–Trinajstić information content (AvgIpc) is 3.13. The summed E-state index contributed by atoms with van der Waals surface area (Å²) in [5, 5.41) is 2.86. The summed E-state index contributed by atoms with van der Waals surface area (Å²) in [5.41, 5.74) is 3.58. The zero-order chi connectivity index (χ0) is 22.1. The van der Waals surface area contributed by atoms with Gasteiger partial charge >= 0.3 is 0 Å². The van der Waals surface area contributed by atoms with Crippen LogP contribution in [0.3, 0.4) is 0 Å². The van der Waals surface area contributed by atoms with Crippen LogP contribution in [-0.4, -0.2) is 28.6 Å². The zero-order valence-corrected chi connectivity index (χ0v) is 19.1. The fraction of sp³-hybridized carbons (Fsp3) is 0.462. The van der Waals surface area contributed by atoms with E-state index in [1.165, 1.54) is 11.1 Å². The van der Waals surface area contributed by atoms with E-state index in [4.69, 9.17) is 9.72 Å². The molecule has 0 aliphatic carbocycles. The molecule has 0 spiro atoms. The smallest absolute Gasteiger partial charge is 0.216 e. The minimum atomic E-state index is 0.0167. The van der Waals surface area contributed by atoms with E-state index in [2.05, 4.69) is 66.2 Å². The first kappa shape index (κ1) is 22.9. The molecule has 0 saturated carbocycles. The number of fused-ring (bicyclic) bond motifs is 1. The molecule has 3 aromatic rings. The van der Waals surface area contributed by atoms with Crippen LogP contribution in [0, 0.1) is 0 Å². The number of aryl methyl sites for hydroxylation is 2. The van der Waals surface area contributed by atoms with Gasteiger partial charge in [0.15, 0.2) is 0 Å². The van der Waals surface area contributed by atoms with Crippen molar-refractivity contribution in [1.82, 2.24) is 14.9 Å². The summed E-state index contributed by atoms with van der Waals surface area (Å²) < 4.78 is 8.27. The average molecular weight is 422 g/mol. The molecule has 1 amide bonds. The van der Waals surface area contributed by atoms with Crippen LogP contribution in [0.5, 0.6) is 5.75 Å². The van der Waals surface area contributed by atoms with E-state index in [-0.39, 0.29) is 5.91 Å². The lowest BCUT2D eigenvalue weighted by molar-refractivity contribution is -0.118. The Morgan fingerprint density at radius 2 is 1.87 bits per heavy atom. The van der Waals surface area contributed by atoms with Gasteiger partial charge in [0.1, 0.15) is 11.6 Å². The number of carbonyl (C=O) groups is 1. The molecule has 1 aromatic heterocycles. The Kier molecular flexibility index (Phi) is 8.51. The Balaban J connectivity index is 1.50. The van der Waals surface area contributed by atoms with Crippen LogP contribution in [0.15, 0.2) is 48.5 Å². The molecular formula is C26H35N3O2. The van der Waals surface area contributed by atoms with E-state index in [9.17, 15) is 4.79 Å².